The molecule has 1 aliphatic rings. The fourth-order valence-electron chi connectivity index (χ4n) is 2.86. The Morgan fingerprint density at radius 3 is 2.25 bits per heavy atom. The highest BCUT2D eigenvalue weighted by Gasteiger charge is 2.20. The lowest BCUT2D eigenvalue weighted by Gasteiger charge is -2.13. The number of sulfone groups is 1. The monoisotopic (exact) mass is 365 g/mol. The van der Waals surface area contributed by atoms with Gasteiger partial charge in [-0.2, -0.15) is 0 Å². The molecule has 0 amide bonds. The summed E-state index contributed by atoms with van der Waals surface area (Å²) in [6.07, 6.45) is 4.01. The van der Waals surface area contributed by atoms with Gasteiger partial charge in [-0.15, -0.1) is 0 Å². The summed E-state index contributed by atoms with van der Waals surface area (Å²) in [5, 5.41) is 0. The molecule has 2 aromatic rings. The molecule has 0 spiro atoms. The van der Waals surface area contributed by atoms with Gasteiger partial charge in [0.15, 0.2) is 9.84 Å². The van der Waals surface area contributed by atoms with E-state index in [0.29, 0.717) is 5.56 Å². The molecule has 0 aromatic heterocycles. The summed E-state index contributed by atoms with van der Waals surface area (Å²) in [5.41, 5.74) is 3.20. The van der Waals surface area contributed by atoms with Gasteiger partial charge in [0.05, 0.1) is 15.5 Å². The van der Waals surface area contributed by atoms with Crippen LogP contribution in [0.5, 0.6) is 0 Å². The lowest BCUT2D eigenvalue weighted by Crippen LogP contribution is -2.14. The normalized spacial score (nSPS) is 14.4. The zero-order valence-electron chi connectivity index (χ0n) is 13.5. The number of rotatable bonds is 4. The van der Waals surface area contributed by atoms with Crippen LogP contribution < -0.4 is 4.72 Å². The Hall–Kier alpha value is -1.86. The lowest BCUT2D eigenvalue weighted by atomic mass is 10.1. The topological polar surface area (TPSA) is 80.3 Å². The molecule has 3 rings (SSSR count). The summed E-state index contributed by atoms with van der Waals surface area (Å²) < 4.78 is 51.2. The molecule has 24 heavy (non-hydrogen) atoms. The highest BCUT2D eigenvalue weighted by molar-refractivity contribution is 7.92. The summed E-state index contributed by atoms with van der Waals surface area (Å²) in [4.78, 5) is 0.284. The minimum Gasteiger partial charge on any atom is -0.279 e. The Kier molecular flexibility index (Phi) is 4.17. The Bertz CT molecular complexity index is 1010. The van der Waals surface area contributed by atoms with Crippen LogP contribution in [0.1, 0.15) is 23.1 Å². The molecular weight excluding hydrogens is 346 g/mol. The van der Waals surface area contributed by atoms with E-state index >= 15 is 0 Å². The largest absolute Gasteiger partial charge is 0.279 e. The highest BCUT2D eigenvalue weighted by atomic mass is 32.2. The lowest BCUT2D eigenvalue weighted by molar-refractivity contribution is 0.599. The van der Waals surface area contributed by atoms with Crippen LogP contribution in [0, 0.1) is 6.92 Å². The van der Waals surface area contributed by atoms with Crippen LogP contribution in [0.2, 0.25) is 0 Å². The first-order valence-electron chi connectivity index (χ1n) is 7.62. The maximum atomic E-state index is 12.7. The van der Waals surface area contributed by atoms with Gasteiger partial charge in [0, 0.05) is 6.26 Å². The van der Waals surface area contributed by atoms with Gasteiger partial charge >= 0.3 is 0 Å². The molecule has 0 aliphatic heterocycles. The van der Waals surface area contributed by atoms with Crippen LogP contribution in [-0.2, 0) is 32.7 Å². The Balaban J connectivity index is 1.98. The predicted octanol–water partition coefficient (Wildman–Crippen LogP) is 2.69. The van der Waals surface area contributed by atoms with Crippen molar-refractivity contribution in [3.05, 3.63) is 53.1 Å². The molecule has 0 unspecified atom stereocenters. The average Bonchev–Trinajstić information content (AvgIpc) is 2.95. The van der Waals surface area contributed by atoms with Crippen molar-refractivity contribution in [2.75, 3.05) is 11.0 Å². The zero-order valence-corrected chi connectivity index (χ0v) is 15.2. The molecule has 5 nitrogen and oxygen atoms in total. The maximum absolute atomic E-state index is 12.7. The van der Waals surface area contributed by atoms with E-state index in [-0.39, 0.29) is 15.5 Å². The quantitative estimate of drug-likeness (QED) is 0.903. The first kappa shape index (κ1) is 17.0. The van der Waals surface area contributed by atoms with Crippen LogP contribution in [0.4, 0.5) is 5.69 Å². The Morgan fingerprint density at radius 2 is 1.54 bits per heavy atom. The van der Waals surface area contributed by atoms with Crippen molar-refractivity contribution in [3.8, 4) is 0 Å². The second kappa shape index (κ2) is 5.89. The van der Waals surface area contributed by atoms with Crippen molar-refractivity contribution in [3.63, 3.8) is 0 Å². The van der Waals surface area contributed by atoms with Crippen molar-refractivity contribution in [2.45, 2.75) is 36.0 Å². The molecule has 128 valence electrons. The SMILES string of the molecule is Cc1ccc(S(C)(=O)=O)cc1NS(=O)(=O)c1ccc2c(c1)CCC2. The minimum atomic E-state index is -3.76. The van der Waals surface area contributed by atoms with Crippen LogP contribution in [-0.4, -0.2) is 23.1 Å². The van der Waals surface area contributed by atoms with Crippen LogP contribution in [0.15, 0.2) is 46.2 Å². The van der Waals surface area contributed by atoms with Gasteiger partial charge < -0.3 is 0 Å². The van der Waals surface area contributed by atoms with Crippen molar-refractivity contribution >= 4 is 25.5 Å². The third-order valence-electron chi connectivity index (χ3n) is 4.26. The minimum absolute atomic E-state index is 0.0831. The number of anilines is 1. The third-order valence-corrected chi connectivity index (χ3v) is 6.74. The van der Waals surface area contributed by atoms with Crippen LogP contribution in [0.25, 0.3) is 0 Å². The summed E-state index contributed by atoms with van der Waals surface area (Å²) in [6, 6.07) is 9.59. The predicted molar refractivity (Wildman–Crippen MR) is 93.6 cm³/mol. The molecule has 7 heteroatoms. The van der Waals surface area contributed by atoms with E-state index in [4.69, 9.17) is 0 Å². The van der Waals surface area contributed by atoms with Crippen LogP contribution in [0.3, 0.4) is 0 Å². The van der Waals surface area contributed by atoms with E-state index < -0.39 is 19.9 Å². The van der Waals surface area contributed by atoms with E-state index in [2.05, 4.69) is 4.72 Å². The van der Waals surface area contributed by atoms with E-state index in [1.54, 1.807) is 25.1 Å². The molecule has 0 bridgehead atoms. The van der Waals surface area contributed by atoms with Gasteiger partial charge in [-0.3, -0.25) is 4.72 Å². The molecule has 0 saturated heterocycles. The summed E-state index contributed by atoms with van der Waals surface area (Å²) >= 11 is 0. The van der Waals surface area contributed by atoms with E-state index in [9.17, 15) is 16.8 Å². The molecule has 1 aliphatic carbocycles. The molecule has 0 fully saturated rings. The molecular formula is C17H19NO4S2. The van der Waals surface area contributed by atoms with E-state index in [1.807, 2.05) is 6.07 Å². The van der Waals surface area contributed by atoms with E-state index in [1.165, 1.54) is 17.7 Å². The molecule has 0 radical (unpaired) electrons. The van der Waals surface area contributed by atoms with Crippen molar-refractivity contribution in [2.24, 2.45) is 0 Å². The van der Waals surface area contributed by atoms with Crippen molar-refractivity contribution < 1.29 is 16.8 Å². The van der Waals surface area contributed by atoms with Gasteiger partial charge in [0.1, 0.15) is 0 Å². The number of benzene rings is 2. The number of aryl methyl sites for hydroxylation is 3. The highest BCUT2D eigenvalue weighted by Crippen LogP contribution is 2.27. The molecule has 0 atom stereocenters. The summed E-state index contributed by atoms with van der Waals surface area (Å²) in [5.74, 6) is 0. The van der Waals surface area contributed by atoms with Crippen molar-refractivity contribution in [1.82, 2.24) is 0 Å². The number of nitrogens with one attached hydrogen (secondary N) is 1. The second-order valence-electron chi connectivity index (χ2n) is 6.14. The zero-order chi connectivity index (χ0) is 17.5. The van der Waals surface area contributed by atoms with E-state index in [0.717, 1.165) is 31.1 Å². The standard InChI is InChI=1S/C17H19NO4S2/c1-12-6-8-15(23(2,19)20)11-17(12)18-24(21,22)16-9-7-13-4-3-5-14(13)10-16/h6-11,18H,3-5H2,1-2H3. The fourth-order valence-corrected chi connectivity index (χ4v) is 4.68. The first-order chi connectivity index (χ1) is 11.2. The molecule has 0 saturated carbocycles. The number of sulfonamides is 1. The smallest absolute Gasteiger partial charge is 0.261 e. The Labute approximate surface area is 142 Å². The van der Waals surface area contributed by atoms with Gasteiger partial charge in [0.25, 0.3) is 10.0 Å². The summed E-state index contributed by atoms with van der Waals surface area (Å²) in [6.45, 7) is 1.73. The number of fused-ring (bicyclic) bond motifs is 1. The Morgan fingerprint density at radius 1 is 0.875 bits per heavy atom. The second-order valence-corrected chi connectivity index (χ2v) is 9.84. The number of hydrogen-bond donors (Lipinski definition) is 1. The van der Waals surface area contributed by atoms with Gasteiger partial charge in [-0.05, 0) is 67.1 Å². The fraction of sp³-hybridized carbons (Fsp3) is 0.294. The van der Waals surface area contributed by atoms with Gasteiger partial charge in [-0.1, -0.05) is 12.1 Å². The van der Waals surface area contributed by atoms with Gasteiger partial charge in [0.2, 0.25) is 0 Å². The first-order valence-corrected chi connectivity index (χ1v) is 11.0. The molecule has 1 N–H and O–H groups in total. The van der Waals surface area contributed by atoms with Crippen LogP contribution >= 0.6 is 0 Å². The number of hydrogen-bond acceptors (Lipinski definition) is 4. The maximum Gasteiger partial charge on any atom is 0.261 e. The average molecular weight is 365 g/mol. The molecule has 2 aromatic carbocycles. The van der Waals surface area contributed by atoms with Crippen molar-refractivity contribution in [1.29, 1.82) is 0 Å². The summed E-state index contributed by atoms with van der Waals surface area (Å²) in [7, 11) is -7.17. The molecule has 0 heterocycles. The third kappa shape index (κ3) is 3.32. The van der Waals surface area contributed by atoms with Gasteiger partial charge in [-0.25, -0.2) is 16.8 Å².